The van der Waals surface area contributed by atoms with Crippen LogP contribution < -0.4 is 10.5 Å². The smallest absolute Gasteiger partial charge is 0.270 e. The highest BCUT2D eigenvalue weighted by Crippen LogP contribution is 2.23. The summed E-state index contributed by atoms with van der Waals surface area (Å²) in [5.74, 6) is -0.194. The summed E-state index contributed by atoms with van der Waals surface area (Å²) in [7, 11) is -3.50. The van der Waals surface area contributed by atoms with E-state index in [4.69, 9.17) is 5.14 Å². The molecule has 0 heterocycles. The van der Waals surface area contributed by atoms with E-state index in [9.17, 15) is 18.5 Å². The van der Waals surface area contributed by atoms with Crippen LogP contribution in [0.1, 0.15) is 0 Å². The van der Waals surface area contributed by atoms with Crippen LogP contribution in [0.15, 0.2) is 18.2 Å². The van der Waals surface area contributed by atoms with Crippen molar-refractivity contribution >= 4 is 44.0 Å². The Bertz CT molecular complexity index is 532. The molecule has 0 aliphatic heterocycles. The van der Waals surface area contributed by atoms with E-state index in [-0.39, 0.29) is 18.0 Å². The van der Waals surface area contributed by atoms with Gasteiger partial charge in [-0.15, -0.1) is 0 Å². The van der Waals surface area contributed by atoms with Crippen LogP contribution in [-0.2, 0) is 10.0 Å². The molecule has 0 radical (unpaired) electrons. The summed E-state index contributed by atoms with van der Waals surface area (Å²) in [6.45, 7) is 0.159. The van der Waals surface area contributed by atoms with Crippen LogP contribution in [0.2, 0.25) is 0 Å². The molecule has 7 nitrogen and oxygen atoms in total. The van der Waals surface area contributed by atoms with Gasteiger partial charge in [-0.05, 0) is 28.7 Å². The average molecular weight is 371 g/mol. The zero-order valence-electron chi connectivity index (χ0n) is 8.59. The SMILES string of the molecule is NS(=O)(=O)CCNc1ccc([N+](=O)[O-])cc1I. The number of nitrogens with zero attached hydrogens (tertiary/aromatic N) is 1. The summed E-state index contributed by atoms with van der Waals surface area (Å²) >= 11 is 1.93. The lowest BCUT2D eigenvalue weighted by Crippen LogP contribution is -2.22. The number of hydrogen-bond acceptors (Lipinski definition) is 5. The van der Waals surface area contributed by atoms with Crippen molar-refractivity contribution in [3.63, 3.8) is 0 Å². The number of nitro benzene ring substituents is 1. The first-order valence-electron chi connectivity index (χ1n) is 4.48. The van der Waals surface area contributed by atoms with Gasteiger partial charge in [0.1, 0.15) is 0 Å². The van der Waals surface area contributed by atoms with Gasteiger partial charge < -0.3 is 5.32 Å². The Morgan fingerprint density at radius 1 is 1.47 bits per heavy atom. The van der Waals surface area contributed by atoms with Gasteiger partial charge in [-0.25, -0.2) is 13.6 Å². The fourth-order valence-corrected chi connectivity index (χ4v) is 2.17. The Morgan fingerprint density at radius 3 is 2.59 bits per heavy atom. The third kappa shape index (κ3) is 4.83. The number of anilines is 1. The Labute approximate surface area is 112 Å². The molecule has 1 rings (SSSR count). The summed E-state index contributed by atoms with van der Waals surface area (Å²) in [5.41, 5.74) is 0.631. The van der Waals surface area contributed by atoms with Gasteiger partial charge >= 0.3 is 0 Å². The average Bonchev–Trinajstić information content (AvgIpc) is 2.18. The first-order chi connectivity index (χ1) is 7.79. The topological polar surface area (TPSA) is 115 Å². The standard InChI is InChI=1S/C8H10IN3O4S/c9-7-5-6(12(13)14)1-2-8(7)11-3-4-17(10,15)16/h1-2,5,11H,3-4H2,(H2,10,15,16). The molecule has 0 fully saturated rings. The van der Waals surface area contributed by atoms with E-state index >= 15 is 0 Å². The normalized spacial score (nSPS) is 11.2. The monoisotopic (exact) mass is 371 g/mol. The number of nitro groups is 1. The predicted octanol–water partition coefficient (Wildman–Crippen LogP) is 0.900. The highest BCUT2D eigenvalue weighted by Gasteiger charge is 2.09. The van der Waals surface area contributed by atoms with Gasteiger partial charge in [-0.1, -0.05) is 0 Å². The maximum Gasteiger partial charge on any atom is 0.270 e. The van der Waals surface area contributed by atoms with E-state index in [1.807, 2.05) is 22.6 Å². The second kappa shape index (κ2) is 5.60. The van der Waals surface area contributed by atoms with E-state index in [1.165, 1.54) is 18.2 Å². The van der Waals surface area contributed by atoms with Gasteiger partial charge in [0.15, 0.2) is 0 Å². The van der Waals surface area contributed by atoms with Crippen LogP contribution in [0, 0.1) is 13.7 Å². The molecule has 94 valence electrons. The molecule has 0 saturated heterocycles. The van der Waals surface area contributed by atoms with Crippen LogP contribution in [0.25, 0.3) is 0 Å². The lowest BCUT2D eigenvalue weighted by molar-refractivity contribution is -0.384. The highest BCUT2D eigenvalue weighted by atomic mass is 127. The molecule has 0 amide bonds. The van der Waals surface area contributed by atoms with Gasteiger partial charge in [0.05, 0.1) is 10.7 Å². The van der Waals surface area contributed by atoms with Gasteiger partial charge in [-0.2, -0.15) is 0 Å². The molecule has 0 bridgehead atoms. The molecular formula is C8H10IN3O4S. The van der Waals surface area contributed by atoms with E-state index in [2.05, 4.69) is 5.32 Å². The molecule has 0 unspecified atom stereocenters. The van der Waals surface area contributed by atoms with Crippen LogP contribution in [0.5, 0.6) is 0 Å². The molecule has 0 aromatic heterocycles. The third-order valence-electron chi connectivity index (χ3n) is 1.87. The number of nitrogens with one attached hydrogen (secondary N) is 1. The number of halogens is 1. The van der Waals surface area contributed by atoms with Crippen molar-refractivity contribution in [2.45, 2.75) is 0 Å². The minimum Gasteiger partial charge on any atom is -0.383 e. The van der Waals surface area contributed by atoms with Crippen molar-refractivity contribution in [1.82, 2.24) is 0 Å². The number of hydrogen-bond donors (Lipinski definition) is 2. The fourth-order valence-electron chi connectivity index (χ4n) is 1.09. The van der Waals surface area contributed by atoms with Crippen molar-refractivity contribution in [2.24, 2.45) is 5.14 Å². The molecule has 0 atom stereocenters. The van der Waals surface area contributed by atoms with Gasteiger partial charge in [-0.3, -0.25) is 10.1 Å². The second-order valence-electron chi connectivity index (χ2n) is 3.22. The molecule has 1 aromatic carbocycles. The van der Waals surface area contributed by atoms with Crippen LogP contribution >= 0.6 is 22.6 Å². The number of nitrogens with two attached hydrogens (primary N) is 1. The van der Waals surface area contributed by atoms with Gasteiger partial charge in [0, 0.05) is 27.9 Å². The highest BCUT2D eigenvalue weighted by molar-refractivity contribution is 14.1. The number of non-ortho nitro benzene ring substituents is 1. The Morgan fingerprint density at radius 2 is 2.12 bits per heavy atom. The predicted molar refractivity (Wildman–Crippen MR) is 72.3 cm³/mol. The van der Waals surface area contributed by atoms with Crippen molar-refractivity contribution in [2.75, 3.05) is 17.6 Å². The quantitative estimate of drug-likeness (QED) is 0.453. The first kappa shape index (κ1) is 14.1. The minimum atomic E-state index is -3.50. The number of sulfonamides is 1. The summed E-state index contributed by atoms with van der Waals surface area (Å²) in [5, 5.41) is 18.2. The zero-order chi connectivity index (χ0) is 13.1. The van der Waals surface area contributed by atoms with E-state index in [0.717, 1.165) is 0 Å². The second-order valence-corrected chi connectivity index (χ2v) is 6.11. The number of rotatable bonds is 5. The molecule has 1 aromatic rings. The molecule has 9 heteroatoms. The van der Waals surface area contributed by atoms with E-state index in [0.29, 0.717) is 9.26 Å². The molecule has 17 heavy (non-hydrogen) atoms. The zero-order valence-corrected chi connectivity index (χ0v) is 11.6. The van der Waals surface area contributed by atoms with E-state index < -0.39 is 14.9 Å². The van der Waals surface area contributed by atoms with Gasteiger partial charge in [0.2, 0.25) is 10.0 Å². The molecule has 0 spiro atoms. The van der Waals surface area contributed by atoms with Crippen LogP contribution in [0.4, 0.5) is 11.4 Å². The maximum absolute atomic E-state index is 10.7. The fraction of sp³-hybridized carbons (Fsp3) is 0.250. The largest absolute Gasteiger partial charge is 0.383 e. The van der Waals surface area contributed by atoms with Crippen LogP contribution in [-0.4, -0.2) is 25.6 Å². The molecule has 0 aliphatic rings. The molecular weight excluding hydrogens is 361 g/mol. The molecule has 0 aliphatic carbocycles. The Kier molecular flexibility index (Phi) is 4.65. The first-order valence-corrected chi connectivity index (χ1v) is 7.27. The van der Waals surface area contributed by atoms with Crippen LogP contribution in [0.3, 0.4) is 0 Å². The third-order valence-corrected chi connectivity index (χ3v) is 3.53. The van der Waals surface area contributed by atoms with Crippen molar-refractivity contribution in [3.05, 3.63) is 31.9 Å². The molecule has 0 saturated carbocycles. The Hall–Kier alpha value is -0.940. The number of primary sulfonamides is 1. The number of benzene rings is 1. The minimum absolute atomic E-state index is 0.00797. The van der Waals surface area contributed by atoms with E-state index in [1.54, 1.807) is 0 Å². The lowest BCUT2D eigenvalue weighted by Gasteiger charge is -2.07. The molecule has 3 N–H and O–H groups in total. The summed E-state index contributed by atoms with van der Waals surface area (Å²) in [6, 6.07) is 4.28. The van der Waals surface area contributed by atoms with Gasteiger partial charge in [0.25, 0.3) is 5.69 Å². The van der Waals surface area contributed by atoms with Crippen molar-refractivity contribution < 1.29 is 13.3 Å². The summed E-state index contributed by atoms with van der Waals surface area (Å²) < 4.78 is 22.0. The summed E-state index contributed by atoms with van der Waals surface area (Å²) in [6.07, 6.45) is 0. The van der Waals surface area contributed by atoms with Crippen molar-refractivity contribution in [1.29, 1.82) is 0 Å². The lowest BCUT2D eigenvalue weighted by atomic mass is 10.3. The van der Waals surface area contributed by atoms with Crippen molar-refractivity contribution in [3.8, 4) is 0 Å². The summed E-state index contributed by atoms with van der Waals surface area (Å²) in [4.78, 5) is 10.0. The Balaban J connectivity index is 2.70. The maximum atomic E-state index is 10.7.